The van der Waals surface area contributed by atoms with Crippen molar-refractivity contribution in [1.82, 2.24) is 0 Å². The standard InChI is InChI=1S/C44H86NO7P/c1-6-8-10-12-14-16-18-19-20-21-22-23-24-25-26-28-30-32-34-36-39-49-41-43(42-51-53(47,48)50-40-38-45(3,4)5)52-44(46)37-35-33-31-29-27-17-15-13-11-9-7-2/h13,15,19-20,43H,6-12,14,16-18,21-42H2,1-5H3/p+1/b15-13-,20-19-. The van der Waals surface area contributed by atoms with Gasteiger partial charge in [0.15, 0.2) is 0 Å². The first-order valence-corrected chi connectivity index (χ1v) is 23.6. The first-order valence-electron chi connectivity index (χ1n) is 22.1. The zero-order valence-electron chi connectivity index (χ0n) is 35.5. The number of likely N-dealkylation sites (N-methyl/N-ethyl adjacent to an activating group) is 1. The SMILES string of the molecule is CCCC/C=C\CCCCCCCC(=O)OC(COCCCCCCCCCCCC/C=C\CCCCCCCC)COP(=O)(O)OCC[N+](C)(C)C. The van der Waals surface area contributed by atoms with Gasteiger partial charge in [-0.15, -0.1) is 0 Å². The number of esters is 1. The number of carbonyl (C=O) groups excluding carboxylic acids is 1. The summed E-state index contributed by atoms with van der Waals surface area (Å²) in [4.78, 5) is 22.8. The number of quaternary nitrogens is 1. The maximum Gasteiger partial charge on any atom is 0.472 e. The number of hydrogen-bond acceptors (Lipinski definition) is 6. The third kappa shape index (κ3) is 42.0. The molecule has 0 rings (SSSR count). The Labute approximate surface area is 328 Å². The lowest BCUT2D eigenvalue weighted by Gasteiger charge is -2.24. The quantitative estimate of drug-likeness (QED) is 0.0217. The van der Waals surface area contributed by atoms with Gasteiger partial charge in [-0.05, 0) is 57.8 Å². The summed E-state index contributed by atoms with van der Waals surface area (Å²) in [5.41, 5.74) is 0. The smallest absolute Gasteiger partial charge is 0.457 e. The lowest BCUT2D eigenvalue weighted by Crippen LogP contribution is -2.37. The van der Waals surface area contributed by atoms with Gasteiger partial charge in [0.25, 0.3) is 0 Å². The number of unbranched alkanes of at least 4 members (excludes halogenated alkanes) is 23. The molecule has 0 fully saturated rings. The van der Waals surface area contributed by atoms with Crippen LogP contribution in [0.25, 0.3) is 0 Å². The molecule has 0 amide bonds. The minimum absolute atomic E-state index is 0.0879. The Kier molecular flexibility index (Phi) is 37.2. The Bertz CT molecular complexity index is 905. The molecule has 0 aliphatic heterocycles. The highest BCUT2D eigenvalue weighted by Gasteiger charge is 2.26. The summed E-state index contributed by atoms with van der Waals surface area (Å²) in [6, 6.07) is 0. The molecule has 0 saturated carbocycles. The van der Waals surface area contributed by atoms with Gasteiger partial charge < -0.3 is 18.9 Å². The van der Waals surface area contributed by atoms with Crippen molar-refractivity contribution in [2.45, 2.75) is 200 Å². The van der Waals surface area contributed by atoms with Crippen LogP contribution in [0.3, 0.4) is 0 Å². The summed E-state index contributed by atoms with van der Waals surface area (Å²) in [5.74, 6) is -0.324. The van der Waals surface area contributed by atoms with E-state index in [1.165, 1.54) is 128 Å². The largest absolute Gasteiger partial charge is 0.472 e. The Morgan fingerprint density at radius 1 is 0.566 bits per heavy atom. The molecule has 0 aromatic rings. The van der Waals surface area contributed by atoms with E-state index >= 15 is 0 Å². The van der Waals surface area contributed by atoms with Crippen LogP contribution in [0.1, 0.15) is 194 Å². The van der Waals surface area contributed by atoms with Gasteiger partial charge in [0.05, 0.1) is 34.4 Å². The Hall–Kier alpha value is -1.02. The highest BCUT2D eigenvalue weighted by Crippen LogP contribution is 2.43. The van der Waals surface area contributed by atoms with Gasteiger partial charge in [0.2, 0.25) is 0 Å². The van der Waals surface area contributed by atoms with Crippen LogP contribution in [0.15, 0.2) is 24.3 Å². The molecule has 0 bridgehead atoms. The van der Waals surface area contributed by atoms with Crippen molar-refractivity contribution in [3.8, 4) is 0 Å². The summed E-state index contributed by atoms with van der Waals surface area (Å²) >= 11 is 0. The minimum Gasteiger partial charge on any atom is -0.457 e. The molecule has 0 aliphatic rings. The predicted molar refractivity (Wildman–Crippen MR) is 224 cm³/mol. The highest BCUT2D eigenvalue weighted by atomic mass is 31.2. The fourth-order valence-electron chi connectivity index (χ4n) is 6.00. The molecule has 314 valence electrons. The minimum atomic E-state index is -4.27. The summed E-state index contributed by atoms with van der Waals surface area (Å²) in [5, 5.41) is 0. The average molecular weight is 773 g/mol. The van der Waals surface area contributed by atoms with Crippen LogP contribution < -0.4 is 0 Å². The third-order valence-electron chi connectivity index (χ3n) is 9.49. The molecule has 0 spiro atoms. The van der Waals surface area contributed by atoms with E-state index in [1.807, 2.05) is 21.1 Å². The van der Waals surface area contributed by atoms with E-state index in [0.29, 0.717) is 24.1 Å². The molecule has 2 unspecified atom stereocenters. The maximum atomic E-state index is 12.6. The second-order valence-corrected chi connectivity index (χ2v) is 17.5. The number of phosphoric acid groups is 1. The molecule has 0 aliphatic carbocycles. The molecule has 0 aromatic carbocycles. The number of hydrogen-bond donors (Lipinski definition) is 1. The van der Waals surface area contributed by atoms with Gasteiger partial charge in [0, 0.05) is 13.0 Å². The Morgan fingerprint density at radius 2 is 1.00 bits per heavy atom. The van der Waals surface area contributed by atoms with E-state index in [-0.39, 0.29) is 25.8 Å². The summed E-state index contributed by atoms with van der Waals surface area (Å²) in [6.45, 7) is 5.58. The second-order valence-electron chi connectivity index (χ2n) is 16.1. The third-order valence-corrected chi connectivity index (χ3v) is 10.5. The molecule has 8 nitrogen and oxygen atoms in total. The number of allylic oxidation sites excluding steroid dienone is 4. The van der Waals surface area contributed by atoms with E-state index in [9.17, 15) is 14.3 Å². The predicted octanol–water partition coefficient (Wildman–Crippen LogP) is 12.8. The van der Waals surface area contributed by atoms with Crippen LogP contribution in [0.2, 0.25) is 0 Å². The van der Waals surface area contributed by atoms with Crippen LogP contribution >= 0.6 is 7.82 Å². The van der Waals surface area contributed by atoms with Crippen LogP contribution in [0, 0.1) is 0 Å². The van der Waals surface area contributed by atoms with Gasteiger partial charge in [-0.1, -0.05) is 154 Å². The van der Waals surface area contributed by atoms with Gasteiger partial charge >= 0.3 is 13.8 Å². The molecule has 0 aromatic heterocycles. The lowest BCUT2D eigenvalue weighted by atomic mass is 10.1. The first kappa shape index (κ1) is 52.0. The first-order chi connectivity index (χ1) is 25.6. The molecule has 2 atom stereocenters. The lowest BCUT2D eigenvalue weighted by molar-refractivity contribution is -0.870. The zero-order chi connectivity index (χ0) is 39.1. The normalized spacial score (nSPS) is 14.0. The average Bonchev–Trinajstić information content (AvgIpc) is 3.11. The molecule has 9 heteroatoms. The van der Waals surface area contributed by atoms with Gasteiger partial charge in [-0.3, -0.25) is 13.8 Å². The molecule has 0 saturated heterocycles. The topological polar surface area (TPSA) is 91.3 Å². The number of rotatable bonds is 41. The van der Waals surface area contributed by atoms with Crippen molar-refractivity contribution in [2.75, 3.05) is 54.1 Å². The van der Waals surface area contributed by atoms with Crippen LogP contribution in [0.4, 0.5) is 0 Å². The maximum absolute atomic E-state index is 12.6. The second kappa shape index (κ2) is 37.9. The van der Waals surface area contributed by atoms with Crippen molar-refractivity contribution in [3.05, 3.63) is 24.3 Å². The van der Waals surface area contributed by atoms with Crippen LogP contribution in [0.5, 0.6) is 0 Å². The number of nitrogens with zero attached hydrogens (tertiary/aromatic N) is 1. The van der Waals surface area contributed by atoms with Gasteiger partial charge in [0.1, 0.15) is 19.3 Å². The van der Waals surface area contributed by atoms with E-state index in [0.717, 1.165) is 44.9 Å². The van der Waals surface area contributed by atoms with Crippen LogP contribution in [-0.2, 0) is 27.9 Å². The fraction of sp³-hybridized carbons (Fsp3) is 0.886. The molecule has 0 radical (unpaired) electrons. The molecule has 0 heterocycles. The summed E-state index contributed by atoms with van der Waals surface area (Å²) in [7, 11) is 1.66. The van der Waals surface area contributed by atoms with Gasteiger partial charge in [-0.25, -0.2) is 4.57 Å². The zero-order valence-corrected chi connectivity index (χ0v) is 36.4. The van der Waals surface area contributed by atoms with Crippen molar-refractivity contribution >= 4 is 13.8 Å². The van der Waals surface area contributed by atoms with Crippen molar-refractivity contribution in [3.63, 3.8) is 0 Å². The number of ether oxygens (including phenoxy) is 2. The molecular formula is C44H87NO7P+. The summed E-state index contributed by atoms with van der Waals surface area (Å²) < 4.78 is 34.9. The molecule has 1 N–H and O–H groups in total. The van der Waals surface area contributed by atoms with E-state index < -0.39 is 13.9 Å². The Balaban J connectivity index is 4.15. The van der Waals surface area contributed by atoms with Crippen molar-refractivity contribution in [1.29, 1.82) is 0 Å². The molecular weight excluding hydrogens is 685 g/mol. The monoisotopic (exact) mass is 773 g/mol. The van der Waals surface area contributed by atoms with Gasteiger partial charge in [-0.2, -0.15) is 0 Å². The Morgan fingerprint density at radius 3 is 1.49 bits per heavy atom. The van der Waals surface area contributed by atoms with E-state index in [4.69, 9.17) is 18.5 Å². The summed E-state index contributed by atoms with van der Waals surface area (Å²) in [6.07, 6.45) is 42.1. The number of phosphoric ester groups is 1. The van der Waals surface area contributed by atoms with Crippen LogP contribution in [-0.4, -0.2) is 75.6 Å². The van der Waals surface area contributed by atoms with Crippen molar-refractivity contribution in [2.24, 2.45) is 0 Å². The van der Waals surface area contributed by atoms with E-state index in [2.05, 4.69) is 38.2 Å². The number of carbonyl (C=O) groups is 1. The highest BCUT2D eigenvalue weighted by molar-refractivity contribution is 7.47. The fourth-order valence-corrected chi connectivity index (χ4v) is 6.74. The van der Waals surface area contributed by atoms with E-state index in [1.54, 1.807) is 0 Å². The molecule has 53 heavy (non-hydrogen) atoms. The van der Waals surface area contributed by atoms with Crippen molar-refractivity contribution < 1.29 is 37.3 Å².